The first-order chi connectivity index (χ1) is 8.65. The third-order valence-electron chi connectivity index (χ3n) is 3.09. The van der Waals surface area contributed by atoms with Crippen LogP contribution in [0, 0.1) is 0 Å². The molecule has 18 heavy (non-hydrogen) atoms. The van der Waals surface area contributed by atoms with Crippen LogP contribution in [-0.4, -0.2) is 37.1 Å². The molecule has 0 saturated heterocycles. The van der Waals surface area contributed by atoms with Crippen LogP contribution in [-0.2, 0) is 0 Å². The van der Waals surface area contributed by atoms with Crippen molar-refractivity contribution in [3.63, 3.8) is 0 Å². The molecule has 4 N–H and O–H groups in total. The number of urea groups is 1. The summed E-state index contributed by atoms with van der Waals surface area (Å²) in [6.07, 6.45) is 2.57. The van der Waals surface area contributed by atoms with E-state index in [-0.39, 0.29) is 6.03 Å². The number of nitrogens with two attached hydrogens (primary N) is 1. The van der Waals surface area contributed by atoms with Gasteiger partial charge in [-0.1, -0.05) is 0 Å². The Hall–Kier alpha value is -1.75. The summed E-state index contributed by atoms with van der Waals surface area (Å²) in [6.45, 7) is 1.55. The molecule has 1 aliphatic rings. The van der Waals surface area contributed by atoms with E-state index in [1.54, 1.807) is 24.3 Å². The van der Waals surface area contributed by atoms with E-state index >= 15 is 0 Å². The minimum Gasteiger partial charge on any atom is -0.399 e. The van der Waals surface area contributed by atoms with Gasteiger partial charge in [0.2, 0.25) is 0 Å². The van der Waals surface area contributed by atoms with E-state index < -0.39 is 0 Å². The lowest BCUT2D eigenvalue weighted by Gasteiger charge is -2.15. The van der Waals surface area contributed by atoms with E-state index in [2.05, 4.69) is 22.6 Å². The van der Waals surface area contributed by atoms with E-state index in [1.165, 1.54) is 12.8 Å². The van der Waals surface area contributed by atoms with Gasteiger partial charge in [-0.05, 0) is 44.2 Å². The Balaban J connectivity index is 1.66. The van der Waals surface area contributed by atoms with Gasteiger partial charge in [0.25, 0.3) is 0 Å². The Kier molecular flexibility index (Phi) is 4.04. The molecule has 1 saturated carbocycles. The van der Waals surface area contributed by atoms with Gasteiger partial charge in [0, 0.05) is 30.5 Å². The lowest BCUT2D eigenvalue weighted by Crippen LogP contribution is -2.36. The summed E-state index contributed by atoms with van der Waals surface area (Å²) in [5.74, 6) is 0. The molecule has 0 atom stereocenters. The van der Waals surface area contributed by atoms with Crippen molar-refractivity contribution in [2.45, 2.75) is 18.9 Å². The van der Waals surface area contributed by atoms with Crippen LogP contribution in [0.1, 0.15) is 12.8 Å². The second-order valence-corrected chi connectivity index (χ2v) is 4.71. The van der Waals surface area contributed by atoms with Crippen LogP contribution in [0.2, 0.25) is 0 Å². The zero-order valence-electron chi connectivity index (χ0n) is 10.6. The van der Waals surface area contributed by atoms with Gasteiger partial charge in [-0.15, -0.1) is 0 Å². The first-order valence-corrected chi connectivity index (χ1v) is 6.26. The van der Waals surface area contributed by atoms with E-state index in [0.717, 1.165) is 18.3 Å². The Morgan fingerprint density at radius 1 is 1.39 bits per heavy atom. The number of rotatable bonds is 5. The molecule has 5 heteroatoms. The van der Waals surface area contributed by atoms with Gasteiger partial charge in [-0.3, -0.25) is 0 Å². The average molecular weight is 248 g/mol. The van der Waals surface area contributed by atoms with Crippen molar-refractivity contribution in [3.8, 4) is 0 Å². The molecule has 0 radical (unpaired) electrons. The van der Waals surface area contributed by atoms with Crippen LogP contribution < -0.4 is 16.4 Å². The van der Waals surface area contributed by atoms with Crippen LogP contribution in [0.15, 0.2) is 24.3 Å². The number of likely N-dealkylation sites (N-methyl/N-ethyl adjacent to an activating group) is 1. The number of anilines is 2. The van der Waals surface area contributed by atoms with Gasteiger partial charge in [0.1, 0.15) is 0 Å². The van der Waals surface area contributed by atoms with Crippen LogP contribution >= 0.6 is 0 Å². The molecular formula is C13H20N4O. The van der Waals surface area contributed by atoms with Crippen molar-refractivity contribution in [1.29, 1.82) is 0 Å². The summed E-state index contributed by atoms with van der Waals surface area (Å²) in [4.78, 5) is 13.9. The number of hydrogen-bond donors (Lipinski definition) is 3. The zero-order chi connectivity index (χ0) is 13.0. The maximum atomic E-state index is 11.6. The fourth-order valence-corrected chi connectivity index (χ4v) is 1.79. The third kappa shape index (κ3) is 3.92. The molecule has 5 nitrogen and oxygen atoms in total. The third-order valence-corrected chi connectivity index (χ3v) is 3.09. The molecule has 0 spiro atoms. The van der Waals surface area contributed by atoms with Crippen molar-refractivity contribution in [2.24, 2.45) is 0 Å². The van der Waals surface area contributed by atoms with E-state index in [1.807, 2.05) is 0 Å². The second-order valence-electron chi connectivity index (χ2n) is 4.71. The first kappa shape index (κ1) is 12.7. The normalized spacial score (nSPS) is 14.6. The fraction of sp³-hybridized carbons (Fsp3) is 0.462. The number of hydrogen-bond acceptors (Lipinski definition) is 3. The number of nitrogens with zero attached hydrogens (tertiary/aromatic N) is 1. The van der Waals surface area contributed by atoms with Crippen LogP contribution in [0.5, 0.6) is 0 Å². The van der Waals surface area contributed by atoms with Crippen molar-refractivity contribution in [2.75, 3.05) is 31.2 Å². The van der Waals surface area contributed by atoms with E-state index in [9.17, 15) is 4.79 Å². The monoisotopic (exact) mass is 248 g/mol. The summed E-state index contributed by atoms with van der Waals surface area (Å²) in [5, 5.41) is 5.60. The number of amides is 2. The molecule has 2 amide bonds. The molecular weight excluding hydrogens is 228 g/mol. The molecule has 1 fully saturated rings. The molecule has 0 aromatic heterocycles. The highest BCUT2D eigenvalue weighted by Crippen LogP contribution is 2.24. The Morgan fingerprint density at radius 2 is 2.06 bits per heavy atom. The standard InChI is InChI=1S/C13H20N4O/c1-17(12-6-7-12)9-8-15-13(18)16-11-4-2-10(14)3-5-11/h2-5,12H,6-9,14H2,1H3,(H2,15,16,18). The largest absolute Gasteiger partial charge is 0.399 e. The Morgan fingerprint density at radius 3 is 2.67 bits per heavy atom. The Bertz CT molecular complexity index is 400. The minimum atomic E-state index is -0.177. The predicted molar refractivity (Wildman–Crippen MR) is 73.5 cm³/mol. The second kappa shape index (κ2) is 5.73. The summed E-state index contributed by atoms with van der Waals surface area (Å²) >= 11 is 0. The summed E-state index contributed by atoms with van der Waals surface area (Å²) < 4.78 is 0. The number of benzene rings is 1. The molecule has 1 aliphatic carbocycles. The fourth-order valence-electron chi connectivity index (χ4n) is 1.79. The zero-order valence-corrected chi connectivity index (χ0v) is 10.6. The molecule has 98 valence electrons. The molecule has 0 aliphatic heterocycles. The van der Waals surface area contributed by atoms with Gasteiger partial charge >= 0.3 is 6.03 Å². The molecule has 0 bridgehead atoms. The summed E-state index contributed by atoms with van der Waals surface area (Å²) in [6, 6.07) is 7.64. The number of carbonyl (C=O) groups excluding carboxylic acids is 1. The maximum absolute atomic E-state index is 11.6. The van der Waals surface area contributed by atoms with Gasteiger partial charge in [0.05, 0.1) is 0 Å². The summed E-state index contributed by atoms with van der Waals surface area (Å²) in [7, 11) is 2.09. The Labute approximate surface area is 107 Å². The summed E-state index contributed by atoms with van der Waals surface area (Å²) in [5.41, 5.74) is 7.01. The van der Waals surface area contributed by atoms with E-state index in [0.29, 0.717) is 12.2 Å². The van der Waals surface area contributed by atoms with Crippen LogP contribution in [0.3, 0.4) is 0 Å². The molecule has 0 heterocycles. The highest BCUT2D eigenvalue weighted by atomic mass is 16.2. The van der Waals surface area contributed by atoms with Gasteiger partial charge < -0.3 is 21.3 Å². The van der Waals surface area contributed by atoms with Gasteiger partial charge in [0.15, 0.2) is 0 Å². The van der Waals surface area contributed by atoms with Crippen molar-refractivity contribution in [3.05, 3.63) is 24.3 Å². The molecule has 0 unspecified atom stereocenters. The minimum absolute atomic E-state index is 0.177. The highest BCUT2D eigenvalue weighted by molar-refractivity contribution is 5.89. The maximum Gasteiger partial charge on any atom is 0.319 e. The number of carbonyl (C=O) groups is 1. The lowest BCUT2D eigenvalue weighted by molar-refractivity contribution is 0.249. The topological polar surface area (TPSA) is 70.4 Å². The smallest absolute Gasteiger partial charge is 0.319 e. The number of nitrogen functional groups attached to an aromatic ring is 1. The molecule has 1 aromatic carbocycles. The van der Waals surface area contributed by atoms with Crippen molar-refractivity contribution in [1.82, 2.24) is 10.2 Å². The molecule has 1 aromatic rings. The first-order valence-electron chi connectivity index (χ1n) is 6.26. The highest BCUT2D eigenvalue weighted by Gasteiger charge is 2.25. The predicted octanol–water partition coefficient (Wildman–Crippen LogP) is 1.48. The average Bonchev–Trinajstić information content (AvgIpc) is 3.16. The number of nitrogens with one attached hydrogen (secondary N) is 2. The SMILES string of the molecule is CN(CCNC(=O)Nc1ccc(N)cc1)C1CC1. The van der Waals surface area contributed by atoms with Crippen LogP contribution in [0.4, 0.5) is 16.2 Å². The van der Waals surface area contributed by atoms with Gasteiger partial charge in [-0.2, -0.15) is 0 Å². The molecule has 2 rings (SSSR count). The lowest BCUT2D eigenvalue weighted by atomic mass is 10.3. The van der Waals surface area contributed by atoms with Crippen molar-refractivity contribution >= 4 is 17.4 Å². The van der Waals surface area contributed by atoms with Crippen LogP contribution in [0.25, 0.3) is 0 Å². The van der Waals surface area contributed by atoms with Crippen molar-refractivity contribution < 1.29 is 4.79 Å². The van der Waals surface area contributed by atoms with E-state index in [4.69, 9.17) is 5.73 Å². The quantitative estimate of drug-likeness (QED) is 0.691. The van der Waals surface area contributed by atoms with Gasteiger partial charge in [-0.25, -0.2) is 4.79 Å².